The Morgan fingerprint density at radius 2 is 1.48 bits per heavy atom. The molecule has 236 valence electrons. The molecule has 3 aliphatic rings. The van der Waals surface area contributed by atoms with Crippen LogP contribution in [0.2, 0.25) is 0 Å². The number of nitrogens with two attached hydrogens (primary N) is 3. The summed E-state index contributed by atoms with van der Waals surface area (Å²) in [5.41, 5.74) is 17.7. The fourth-order valence-electron chi connectivity index (χ4n) is 5.19. The van der Waals surface area contributed by atoms with Gasteiger partial charge in [0.15, 0.2) is 12.6 Å². The Bertz CT molecular complexity index is 761. The van der Waals surface area contributed by atoms with E-state index in [2.05, 4.69) is 10.6 Å². The van der Waals surface area contributed by atoms with Crippen molar-refractivity contribution in [3.63, 3.8) is 0 Å². The van der Waals surface area contributed by atoms with E-state index in [0.717, 1.165) is 0 Å². The van der Waals surface area contributed by atoms with Gasteiger partial charge >= 0.3 is 0 Å². The van der Waals surface area contributed by atoms with Gasteiger partial charge in [0, 0.05) is 31.7 Å². The van der Waals surface area contributed by atoms with Crippen molar-refractivity contribution in [1.82, 2.24) is 10.6 Å². The van der Waals surface area contributed by atoms with Crippen LogP contribution in [0.5, 0.6) is 0 Å². The fourth-order valence-corrected chi connectivity index (χ4v) is 5.19. The van der Waals surface area contributed by atoms with Crippen molar-refractivity contribution in [3.8, 4) is 0 Å². The van der Waals surface area contributed by atoms with Crippen molar-refractivity contribution in [1.29, 1.82) is 0 Å². The van der Waals surface area contributed by atoms with Gasteiger partial charge in [-0.1, -0.05) is 6.92 Å². The zero-order valence-corrected chi connectivity index (χ0v) is 22.4. The number of likely N-dealkylation sites (N-methyl/N-ethyl adjacent to an activating group) is 1. The lowest BCUT2D eigenvalue weighted by Gasteiger charge is -2.49. The largest absolute Gasteiger partial charge is 0.394 e. The maximum absolute atomic E-state index is 11.4. The lowest BCUT2D eigenvalue weighted by atomic mass is 9.83. The minimum atomic E-state index is -1.67. The van der Waals surface area contributed by atoms with Crippen LogP contribution in [0, 0.1) is 0 Å². The second kappa shape index (κ2) is 15.2. The maximum atomic E-state index is 11.4. The van der Waals surface area contributed by atoms with Gasteiger partial charge in [-0.2, -0.15) is 0 Å². The molecule has 2 saturated heterocycles. The van der Waals surface area contributed by atoms with Gasteiger partial charge in [0.2, 0.25) is 0 Å². The molecule has 0 aromatic heterocycles. The molecule has 16 N–H and O–H groups in total. The monoisotopic (exact) mass is 585 g/mol. The molecule has 0 bridgehead atoms. The predicted molar refractivity (Wildman–Crippen MR) is 136 cm³/mol. The number of aliphatic hydroxyl groups excluding tert-OH is 8. The Hall–Kier alpha value is -0.680. The lowest BCUT2D eigenvalue weighted by Crippen LogP contribution is -2.69. The average molecular weight is 586 g/mol. The SMILES string of the molecule is CCNC[C@H]1O[C@H](OC2[C@@H](N)C[C@@H](NCC(O)CN)[C@H](O[C@H]3O[C@H](CO)[C@@H](O)[C@H](N)[C@H]3O)[C@H]2O)[C@H](O)[C@@H](O)[C@@H]1O. The average Bonchev–Trinajstić information content (AvgIpc) is 2.94. The summed E-state index contributed by atoms with van der Waals surface area (Å²) in [6.07, 6.45) is -17.5. The van der Waals surface area contributed by atoms with Gasteiger partial charge in [0.1, 0.15) is 61.0 Å². The molecule has 1 saturated carbocycles. The number of hydrogen-bond donors (Lipinski definition) is 13. The van der Waals surface area contributed by atoms with Crippen LogP contribution in [0.1, 0.15) is 13.3 Å². The van der Waals surface area contributed by atoms with E-state index < -0.39 is 104 Å². The molecular weight excluding hydrogens is 538 g/mol. The van der Waals surface area contributed by atoms with Crippen LogP contribution in [0.15, 0.2) is 0 Å². The first-order valence-corrected chi connectivity index (χ1v) is 13.6. The summed E-state index contributed by atoms with van der Waals surface area (Å²) >= 11 is 0. The van der Waals surface area contributed by atoms with Crippen molar-refractivity contribution in [2.45, 2.75) is 111 Å². The highest BCUT2D eigenvalue weighted by atomic mass is 16.7. The second-order valence-electron chi connectivity index (χ2n) is 10.6. The van der Waals surface area contributed by atoms with Gasteiger partial charge in [-0.05, 0) is 13.0 Å². The van der Waals surface area contributed by atoms with Gasteiger partial charge in [-0.25, -0.2) is 0 Å². The second-order valence-corrected chi connectivity index (χ2v) is 10.6. The van der Waals surface area contributed by atoms with Gasteiger partial charge in [-0.3, -0.25) is 0 Å². The molecule has 0 radical (unpaired) electrons. The van der Waals surface area contributed by atoms with E-state index >= 15 is 0 Å². The first kappa shape index (κ1) is 33.8. The first-order valence-electron chi connectivity index (χ1n) is 13.6. The molecule has 0 aromatic rings. The van der Waals surface area contributed by atoms with Crippen molar-refractivity contribution < 1.29 is 59.8 Å². The zero-order valence-electron chi connectivity index (χ0n) is 22.4. The van der Waals surface area contributed by atoms with Crippen molar-refractivity contribution in [2.24, 2.45) is 17.2 Å². The summed E-state index contributed by atoms with van der Waals surface area (Å²) in [5.74, 6) is 0. The third-order valence-electron chi connectivity index (χ3n) is 7.69. The Kier molecular flexibility index (Phi) is 12.8. The number of rotatable bonds is 12. The molecule has 17 nitrogen and oxygen atoms in total. The quantitative estimate of drug-likeness (QED) is 0.101. The van der Waals surface area contributed by atoms with Crippen molar-refractivity contribution in [2.75, 3.05) is 32.8 Å². The highest BCUT2D eigenvalue weighted by Gasteiger charge is 2.52. The molecule has 0 aromatic carbocycles. The molecular formula is C23H47N5O12. The van der Waals surface area contributed by atoms with Crippen LogP contribution in [0.25, 0.3) is 0 Å². The summed E-state index contributed by atoms with van der Waals surface area (Å²) in [6, 6.07) is -2.84. The molecule has 3 rings (SSSR count). The minimum Gasteiger partial charge on any atom is -0.394 e. The molecule has 3 fully saturated rings. The highest BCUT2D eigenvalue weighted by molar-refractivity contribution is 5.02. The third-order valence-corrected chi connectivity index (χ3v) is 7.69. The Balaban J connectivity index is 1.80. The van der Waals surface area contributed by atoms with Crippen LogP contribution < -0.4 is 27.8 Å². The number of nitrogens with one attached hydrogen (secondary N) is 2. The van der Waals surface area contributed by atoms with Crippen LogP contribution in [-0.4, -0.2) is 171 Å². The Labute approximate surface area is 232 Å². The van der Waals surface area contributed by atoms with Gasteiger partial charge in [-0.15, -0.1) is 0 Å². The summed E-state index contributed by atoms with van der Waals surface area (Å²) < 4.78 is 23.1. The molecule has 40 heavy (non-hydrogen) atoms. The summed E-state index contributed by atoms with van der Waals surface area (Å²) in [5, 5.41) is 88.9. The first-order chi connectivity index (χ1) is 18.9. The molecule has 2 unspecified atom stereocenters. The van der Waals surface area contributed by atoms with Crippen LogP contribution in [-0.2, 0) is 18.9 Å². The van der Waals surface area contributed by atoms with Gasteiger partial charge in [0.05, 0.1) is 18.8 Å². The standard InChI is InChI=1S/C23H47N5O12/c1-2-27-6-11-15(32)17(34)18(35)23(37-11)39-20-9(25)3-10(28-5-8(30)4-24)21(19(20)36)40-22-16(33)13(26)14(31)12(7-29)38-22/h8-23,27-36H,2-7,24-26H2,1H3/t8?,9-,10+,11+,12+,13-,14+,15+,16+,17-,18+,19-,20?,21-,22+,23+/m0/s1. The molecule has 1 aliphatic carbocycles. The van der Waals surface area contributed by atoms with E-state index in [-0.39, 0.29) is 26.1 Å². The fraction of sp³-hybridized carbons (Fsp3) is 1.00. The van der Waals surface area contributed by atoms with Gasteiger partial charge < -0.3 is 87.6 Å². The van der Waals surface area contributed by atoms with E-state index in [4.69, 9.17) is 36.1 Å². The molecule has 0 amide bonds. The Morgan fingerprint density at radius 1 is 0.850 bits per heavy atom. The van der Waals surface area contributed by atoms with Crippen LogP contribution in [0.4, 0.5) is 0 Å². The summed E-state index contributed by atoms with van der Waals surface area (Å²) in [6.45, 7) is 1.90. The molecule has 0 spiro atoms. The van der Waals surface area contributed by atoms with Crippen molar-refractivity contribution >= 4 is 0 Å². The number of hydrogen-bond acceptors (Lipinski definition) is 17. The highest BCUT2D eigenvalue weighted by Crippen LogP contribution is 2.32. The number of ether oxygens (including phenoxy) is 4. The van der Waals surface area contributed by atoms with Crippen LogP contribution >= 0.6 is 0 Å². The molecule has 2 heterocycles. The van der Waals surface area contributed by atoms with E-state index in [1.165, 1.54) is 0 Å². The van der Waals surface area contributed by atoms with Gasteiger partial charge in [0.25, 0.3) is 0 Å². The van der Waals surface area contributed by atoms with E-state index in [1.807, 2.05) is 6.92 Å². The summed E-state index contributed by atoms with van der Waals surface area (Å²) in [4.78, 5) is 0. The normalized spacial score (nSPS) is 47.2. The summed E-state index contributed by atoms with van der Waals surface area (Å²) in [7, 11) is 0. The third kappa shape index (κ3) is 7.63. The molecule has 2 aliphatic heterocycles. The smallest absolute Gasteiger partial charge is 0.187 e. The topological polar surface area (TPSA) is 301 Å². The zero-order chi connectivity index (χ0) is 29.7. The van der Waals surface area contributed by atoms with E-state index in [9.17, 15) is 40.9 Å². The van der Waals surface area contributed by atoms with E-state index in [1.54, 1.807) is 0 Å². The predicted octanol–water partition coefficient (Wildman–Crippen LogP) is -7.69. The molecule has 16 atom stereocenters. The number of aliphatic hydroxyl groups is 8. The minimum absolute atomic E-state index is 0.0121. The van der Waals surface area contributed by atoms with Crippen molar-refractivity contribution in [3.05, 3.63) is 0 Å². The van der Waals surface area contributed by atoms with E-state index in [0.29, 0.717) is 6.54 Å². The lowest BCUT2D eigenvalue weighted by molar-refractivity contribution is -0.333. The van der Waals surface area contributed by atoms with Crippen LogP contribution in [0.3, 0.4) is 0 Å². The molecule has 17 heteroatoms. The maximum Gasteiger partial charge on any atom is 0.187 e. The Morgan fingerprint density at radius 3 is 2.10 bits per heavy atom.